The van der Waals surface area contributed by atoms with Crippen molar-refractivity contribution >= 4 is 17.3 Å². The first-order chi connectivity index (χ1) is 9.02. The number of thiazole rings is 1. The van der Waals surface area contributed by atoms with Crippen LogP contribution in [0.3, 0.4) is 0 Å². The number of esters is 1. The van der Waals surface area contributed by atoms with Gasteiger partial charge in [0.15, 0.2) is 0 Å². The number of aromatic nitrogens is 1. The zero-order valence-electron chi connectivity index (χ0n) is 10.3. The molecule has 0 spiro atoms. The summed E-state index contributed by atoms with van der Waals surface area (Å²) < 4.78 is 29.9. The van der Waals surface area contributed by atoms with E-state index in [1.54, 1.807) is 19.1 Å². The van der Waals surface area contributed by atoms with E-state index in [1.165, 1.54) is 19.2 Å². The molecule has 0 saturated carbocycles. The topological polar surface area (TPSA) is 39.2 Å². The molecule has 100 valence electrons. The Bertz CT molecular complexity index is 610. The lowest BCUT2D eigenvalue weighted by atomic mass is 10.1. The van der Waals surface area contributed by atoms with Crippen molar-refractivity contribution in [2.75, 3.05) is 7.11 Å². The molecule has 0 aliphatic rings. The van der Waals surface area contributed by atoms with E-state index < -0.39 is 12.4 Å². The number of hydrogen-bond acceptors (Lipinski definition) is 4. The van der Waals surface area contributed by atoms with Gasteiger partial charge in [-0.25, -0.2) is 18.6 Å². The molecule has 0 saturated heterocycles. The van der Waals surface area contributed by atoms with E-state index in [-0.39, 0.29) is 5.56 Å². The second-order valence-corrected chi connectivity index (χ2v) is 4.85. The average molecular weight is 283 g/mol. The van der Waals surface area contributed by atoms with Crippen LogP contribution >= 0.6 is 11.3 Å². The Morgan fingerprint density at radius 3 is 2.79 bits per heavy atom. The van der Waals surface area contributed by atoms with Gasteiger partial charge in [-0.15, -0.1) is 11.3 Å². The molecule has 1 aromatic heterocycles. The number of methoxy groups -OCH3 is 1. The Morgan fingerprint density at radius 2 is 2.16 bits per heavy atom. The molecule has 0 bridgehead atoms. The minimum Gasteiger partial charge on any atom is -0.465 e. The Labute approximate surface area is 112 Å². The highest BCUT2D eigenvalue weighted by Crippen LogP contribution is 2.30. The molecule has 0 radical (unpaired) electrons. The van der Waals surface area contributed by atoms with E-state index in [0.717, 1.165) is 11.3 Å². The predicted octanol–water partition coefficient (Wildman–Crippen LogP) is 3.84. The van der Waals surface area contributed by atoms with Gasteiger partial charge in [0.25, 0.3) is 6.43 Å². The minimum absolute atomic E-state index is 0.0648. The zero-order valence-corrected chi connectivity index (χ0v) is 11.1. The number of hydrogen-bond donors (Lipinski definition) is 0. The summed E-state index contributed by atoms with van der Waals surface area (Å²) in [5, 5.41) is 0.528. The number of benzene rings is 1. The Kier molecular flexibility index (Phi) is 3.90. The van der Waals surface area contributed by atoms with Gasteiger partial charge in [-0.1, -0.05) is 18.2 Å². The van der Waals surface area contributed by atoms with Gasteiger partial charge in [0, 0.05) is 11.1 Å². The molecule has 0 aliphatic heterocycles. The highest BCUT2D eigenvalue weighted by Gasteiger charge is 2.17. The number of alkyl halides is 2. The summed E-state index contributed by atoms with van der Waals surface area (Å²) in [4.78, 5) is 16.1. The number of aryl methyl sites for hydroxylation is 1. The van der Waals surface area contributed by atoms with E-state index in [1.807, 2.05) is 0 Å². The maximum absolute atomic E-state index is 12.6. The monoisotopic (exact) mass is 283 g/mol. The summed E-state index contributed by atoms with van der Waals surface area (Å²) in [5.41, 5.74) is 1.04. The third-order valence-electron chi connectivity index (χ3n) is 2.55. The van der Waals surface area contributed by atoms with Crippen molar-refractivity contribution in [2.24, 2.45) is 0 Å². The third kappa shape index (κ3) is 2.78. The lowest BCUT2D eigenvalue weighted by Gasteiger charge is -2.01. The van der Waals surface area contributed by atoms with Gasteiger partial charge in [-0.05, 0) is 13.0 Å². The Balaban J connectivity index is 2.42. The molecular weight excluding hydrogens is 272 g/mol. The molecule has 0 fully saturated rings. The summed E-state index contributed by atoms with van der Waals surface area (Å²) in [6, 6.07) is 5.97. The molecule has 3 nitrogen and oxygen atoms in total. The molecule has 0 aliphatic carbocycles. The number of carbonyl (C=O) groups excluding carboxylic acids is 1. The zero-order chi connectivity index (χ0) is 14.0. The summed E-state index contributed by atoms with van der Waals surface area (Å²) in [7, 11) is 1.29. The number of carbonyl (C=O) groups is 1. The maximum Gasteiger partial charge on any atom is 0.349 e. The van der Waals surface area contributed by atoms with Crippen LogP contribution < -0.4 is 0 Å². The molecule has 0 unspecified atom stereocenters. The maximum atomic E-state index is 12.6. The van der Waals surface area contributed by atoms with Crippen molar-refractivity contribution in [1.82, 2.24) is 4.98 Å². The predicted molar refractivity (Wildman–Crippen MR) is 68.6 cm³/mol. The molecule has 1 heterocycles. The Morgan fingerprint density at radius 1 is 1.42 bits per heavy atom. The smallest absolute Gasteiger partial charge is 0.349 e. The van der Waals surface area contributed by atoms with Crippen molar-refractivity contribution in [3.63, 3.8) is 0 Å². The first-order valence-electron chi connectivity index (χ1n) is 5.47. The fourth-order valence-corrected chi connectivity index (χ4v) is 2.59. The first kappa shape index (κ1) is 13.6. The van der Waals surface area contributed by atoms with Gasteiger partial charge in [0.1, 0.15) is 9.88 Å². The molecule has 1 aromatic carbocycles. The lowest BCUT2D eigenvalue weighted by Crippen LogP contribution is -1.99. The SMILES string of the molecule is COC(=O)c1sc(-c2cccc(C(F)F)c2)nc1C. The van der Waals surface area contributed by atoms with Crippen LogP contribution in [0.2, 0.25) is 0 Å². The molecule has 0 atom stereocenters. The van der Waals surface area contributed by atoms with Crippen molar-refractivity contribution < 1.29 is 18.3 Å². The number of ether oxygens (including phenoxy) is 1. The quantitative estimate of drug-likeness (QED) is 0.803. The van der Waals surface area contributed by atoms with E-state index in [0.29, 0.717) is 21.1 Å². The van der Waals surface area contributed by atoms with Crippen LogP contribution in [-0.2, 0) is 4.74 Å². The third-order valence-corrected chi connectivity index (χ3v) is 3.74. The van der Waals surface area contributed by atoms with Crippen molar-refractivity contribution in [2.45, 2.75) is 13.3 Å². The van der Waals surface area contributed by atoms with E-state index in [2.05, 4.69) is 9.72 Å². The second-order valence-electron chi connectivity index (χ2n) is 3.85. The van der Waals surface area contributed by atoms with E-state index in [9.17, 15) is 13.6 Å². The van der Waals surface area contributed by atoms with Gasteiger partial charge in [-0.3, -0.25) is 0 Å². The number of nitrogens with zero attached hydrogens (tertiary/aromatic N) is 1. The lowest BCUT2D eigenvalue weighted by molar-refractivity contribution is 0.0605. The van der Waals surface area contributed by atoms with E-state index in [4.69, 9.17) is 0 Å². The summed E-state index contributed by atoms with van der Waals surface area (Å²) in [6.07, 6.45) is -2.53. The van der Waals surface area contributed by atoms with Gasteiger partial charge in [-0.2, -0.15) is 0 Å². The largest absolute Gasteiger partial charge is 0.465 e. The van der Waals surface area contributed by atoms with Crippen molar-refractivity contribution in [1.29, 1.82) is 0 Å². The summed E-state index contributed by atoms with van der Waals surface area (Å²) >= 11 is 1.14. The van der Waals surface area contributed by atoms with Crippen LogP contribution in [-0.4, -0.2) is 18.1 Å². The van der Waals surface area contributed by atoms with Gasteiger partial charge in [0.2, 0.25) is 0 Å². The second kappa shape index (κ2) is 5.44. The van der Waals surface area contributed by atoms with Crippen LogP contribution in [0.5, 0.6) is 0 Å². The summed E-state index contributed by atoms with van der Waals surface area (Å²) in [6.45, 7) is 1.68. The Hall–Kier alpha value is -1.82. The first-order valence-corrected chi connectivity index (χ1v) is 6.28. The highest BCUT2D eigenvalue weighted by atomic mass is 32.1. The molecule has 0 N–H and O–H groups in total. The van der Waals surface area contributed by atoms with Crippen LogP contribution in [0.1, 0.15) is 27.4 Å². The molecular formula is C13H11F2NO2S. The van der Waals surface area contributed by atoms with Crippen LogP contribution in [0.4, 0.5) is 8.78 Å². The fraction of sp³-hybridized carbons (Fsp3) is 0.231. The van der Waals surface area contributed by atoms with Crippen LogP contribution in [0.25, 0.3) is 10.6 Å². The van der Waals surface area contributed by atoms with Crippen molar-refractivity contribution in [3.05, 3.63) is 40.4 Å². The molecule has 2 rings (SSSR count). The average Bonchev–Trinajstić information content (AvgIpc) is 2.80. The van der Waals surface area contributed by atoms with Gasteiger partial charge >= 0.3 is 5.97 Å². The van der Waals surface area contributed by atoms with Crippen molar-refractivity contribution in [3.8, 4) is 10.6 Å². The fourth-order valence-electron chi connectivity index (χ4n) is 1.61. The highest BCUT2D eigenvalue weighted by molar-refractivity contribution is 7.17. The molecule has 19 heavy (non-hydrogen) atoms. The van der Waals surface area contributed by atoms with E-state index >= 15 is 0 Å². The molecule has 6 heteroatoms. The number of halogens is 2. The van der Waals surface area contributed by atoms with Gasteiger partial charge < -0.3 is 4.74 Å². The minimum atomic E-state index is -2.53. The number of rotatable bonds is 3. The normalized spacial score (nSPS) is 10.8. The van der Waals surface area contributed by atoms with Gasteiger partial charge in [0.05, 0.1) is 12.8 Å². The summed E-state index contributed by atoms with van der Waals surface area (Å²) in [5.74, 6) is -0.466. The van der Waals surface area contributed by atoms with Crippen LogP contribution in [0, 0.1) is 6.92 Å². The van der Waals surface area contributed by atoms with Crippen LogP contribution in [0.15, 0.2) is 24.3 Å². The molecule has 0 amide bonds. The molecule has 2 aromatic rings. The standard InChI is InChI=1S/C13H11F2NO2S/c1-7-10(13(17)18-2)19-12(16-7)9-5-3-4-8(6-9)11(14)15/h3-6,11H,1-2H3.